The van der Waals surface area contributed by atoms with Crippen molar-refractivity contribution in [1.29, 1.82) is 5.26 Å². The minimum atomic E-state index is -0.516. The molecule has 0 bridgehead atoms. The number of nitrogens with zero attached hydrogens (tertiary/aromatic N) is 1. The molecule has 0 radical (unpaired) electrons. The van der Waals surface area contributed by atoms with E-state index in [1.807, 2.05) is 37.3 Å². The van der Waals surface area contributed by atoms with Crippen LogP contribution in [0.15, 0.2) is 48.5 Å². The standard InChI is InChI=1S/C18H18FNO/c1-2-10-21-16-8-9-18(19)17(12-16)15(13-20)11-14-6-4-3-5-7-14/h3-9,12,15H,2,10-11H2,1H3. The van der Waals surface area contributed by atoms with E-state index in [4.69, 9.17) is 4.74 Å². The summed E-state index contributed by atoms with van der Waals surface area (Å²) in [7, 11) is 0. The number of hydrogen-bond donors (Lipinski definition) is 0. The van der Waals surface area contributed by atoms with Crippen molar-refractivity contribution in [1.82, 2.24) is 0 Å². The van der Waals surface area contributed by atoms with Crippen LogP contribution in [0.3, 0.4) is 0 Å². The highest BCUT2D eigenvalue weighted by molar-refractivity contribution is 5.36. The highest BCUT2D eigenvalue weighted by atomic mass is 19.1. The van der Waals surface area contributed by atoms with Crippen LogP contribution in [0.1, 0.15) is 30.4 Å². The topological polar surface area (TPSA) is 33.0 Å². The lowest BCUT2D eigenvalue weighted by Crippen LogP contribution is -2.04. The minimum Gasteiger partial charge on any atom is -0.494 e. The molecule has 0 aliphatic carbocycles. The summed E-state index contributed by atoms with van der Waals surface area (Å²) in [5, 5.41) is 9.37. The van der Waals surface area contributed by atoms with E-state index in [0.717, 1.165) is 12.0 Å². The van der Waals surface area contributed by atoms with Gasteiger partial charge in [-0.3, -0.25) is 0 Å². The van der Waals surface area contributed by atoms with Crippen molar-refractivity contribution < 1.29 is 9.13 Å². The van der Waals surface area contributed by atoms with Gasteiger partial charge in [0.1, 0.15) is 11.6 Å². The third-order valence-corrected chi connectivity index (χ3v) is 3.25. The molecule has 108 valence electrons. The minimum absolute atomic E-state index is 0.360. The number of benzene rings is 2. The second kappa shape index (κ2) is 7.44. The quantitative estimate of drug-likeness (QED) is 0.784. The Morgan fingerprint density at radius 3 is 2.62 bits per heavy atom. The van der Waals surface area contributed by atoms with Crippen molar-refractivity contribution in [2.24, 2.45) is 0 Å². The van der Waals surface area contributed by atoms with Crippen LogP contribution in [0, 0.1) is 17.1 Å². The van der Waals surface area contributed by atoms with Gasteiger partial charge >= 0.3 is 0 Å². The van der Waals surface area contributed by atoms with Crippen molar-refractivity contribution in [2.75, 3.05) is 6.61 Å². The molecule has 0 aliphatic rings. The Kier molecular flexibility index (Phi) is 5.34. The van der Waals surface area contributed by atoms with Crippen LogP contribution >= 0.6 is 0 Å². The highest BCUT2D eigenvalue weighted by Gasteiger charge is 2.17. The lowest BCUT2D eigenvalue weighted by Gasteiger charge is -2.13. The SMILES string of the molecule is CCCOc1ccc(F)c(C(C#N)Cc2ccccc2)c1. The van der Waals surface area contributed by atoms with Crippen LogP contribution in [-0.4, -0.2) is 6.61 Å². The van der Waals surface area contributed by atoms with Gasteiger partial charge in [0.15, 0.2) is 0 Å². The highest BCUT2D eigenvalue weighted by Crippen LogP contribution is 2.27. The molecule has 3 heteroatoms. The van der Waals surface area contributed by atoms with E-state index in [1.165, 1.54) is 6.07 Å². The fraction of sp³-hybridized carbons (Fsp3) is 0.278. The molecular formula is C18H18FNO. The van der Waals surface area contributed by atoms with Gasteiger partial charge in [-0.1, -0.05) is 37.3 Å². The summed E-state index contributed by atoms with van der Waals surface area (Å²) in [5.41, 5.74) is 1.42. The summed E-state index contributed by atoms with van der Waals surface area (Å²) in [6, 6.07) is 16.5. The molecule has 0 N–H and O–H groups in total. The van der Waals surface area contributed by atoms with Gasteiger partial charge in [0.2, 0.25) is 0 Å². The molecule has 0 heterocycles. The predicted molar refractivity (Wildman–Crippen MR) is 80.7 cm³/mol. The molecule has 1 atom stereocenters. The van der Waals surface area contributed by atoms with Gasteiger partial charge in [0, 0.05) is 5.56 Å². The fourth-order valence-electron chi connectivity index (χ4n) is 2.17. The van der Waals surface area contributed by atoms with Crippen molar-refractivity contribution in [3.05, 3.63) is 65.5 Å². The van der Waals surface area contributed by atoms with Gasteiger partial charge in [-0.25, -0.2) is 4.39 Å². The summed E-state index contributed by atoms with van der Waals surface area (Å²) in [5.74, 6) is -0.263. The first-order valence-electron chi connectivity index (χ1n) is 7.10. The predicted octanol–water partition coefficient (Wildman–Crippen LogP) is 4.46. The molecule has 2 aromatic rings. The molecule has 2 nitrogen and oxygen atoms in total. The fourth-order valence-corrected chi connectivity index (χ4v) is 2.17. The molecule has 2 aromatic carbocycles. The van der Waals surface area contributed by atoms with Crippen LogP contribution in [0.5, 0.6) is 5.75 Å². The zero-order chi connectivity index (χ0) is 15.1. The van der Waals surface area contributed by atoms with Crippen LogP contribution in [0.4, 0.5) is 4.39 Å². The maximum Gasteiger partial charge on any atom is 0.128 e. The summed E-state index contributed by atoms with van der Waals surface area (Å²) in [6.07, 6.45) is 1.38. The second-order valence-electron chi connectivity index (χ2n) is 4.90. The van der Waals surface area contributed by atoms with Crippen LogP contribution in [-0.2, 0) is 6.42 Å². The van der Waals surface area contributed by atoms with E-state index >= 15 is 0 Å². The van der Waals surface area contributed by atoms with E-state index < -0.39 is 5.92 Å². The molecule has 1 unspecified atom stereocenters. The molecule has 0 fully saturated rings. The van der Waals surface area contributed by atoms with E-state index in [2.05, 4.69) is 6.07 Å². The lowest BCUT2D eigenvalue weighted by molar-refractivity contribution is 0.316. The molecule has 0 aromatic heterocycles. The van der Waals surface area contributed by atoms with Crippen molar-refractivity contribution in [2.45, 2.75) is 25.7 Å². The van der Waals surface area contributed by atoms with Crippen LogP contribution < -0.4 is 4.74 Å². The zero-order valence-electron chi connectivity index (χ0n) is 12.1. The first-order valence-corrected chi connectivity index (χ1v) is 7.10. The Bertz CT molecular complexity index is 619. The van der Waals surface area contributed by atoms with Gasteiger partial charge in [0.05, 0.1) is 18.6 Å². The Hall–Kier alpha value is -2.34. The van der Waals surface area contributed by atoms with E-state index in [1.54, 1.807) is 12.1 Å². The van der Waals surface area contributed by atoms with E-state index in [9.17, 15) is 9.65 Å². The average Bonchev–Trinajstić information content (AvgIpc) is 2.53. The lowest BCUT2D eigenvalue weighted by atomic mass is 9.92. The number of rotatable bonds is 6. The van der Waals surface area contributed by atoms with Gasteiger partial charge in [0.25, 0.3) is 0 Å². The van der Waals surface area contributed by atoms with Gasteiger partial charge in [-0.2, -0.15) is 5.26 Å². The molecule has 0 spiro atoms. The average molecular weight is 283 g/mol. The first kappa shape index (κ1) is 15.1. The molecule has 0 saturated carbocycles. The molecular weight excluding hydrogens is 265 g/mol. The number of halogens is 1. The van der Waals surface area contributed by atoms with Gasteiger partial charge < -0.3 is 4.74 Å². The molecule has 0 aliphatic heterocycles. The van der Waals surface area contributed by atoms with Crippen LogP contribution in [0.25, 0.3) is 0 Å². The summed E-state index contributed by atoms with van der Waals surface area (Å²) < 4.78 is 19.5. The summed E-state index contributed by atoms with van der Waals surface area (Å²) >= 11 is 0. The second-order valence-corrected chi connectivity index (χ2v) is 4.90. The Morgan fingerprint density at radius 1 is 1.19 bits per heavy atom. The maximum absolute atomic E-state index is 14.0. The van der Waals surface area contributed by atoms with Crippen molar-refractivity contribution in [3.63, 3.8) is 0 Å². The molecule has 0 amide bonds. The van der Waals surface area contributed by atoms with E-state index in [-0.39, 0.29) is 5.82 Å². The van der Waals surface area contributed by atoms with Gasteiger partial charge in [-0.15, -0.1) is 0 Å². The molecule has 0 saturated heterocycles. The summed E-state index contributed by atoms with van der Waals surface area (Å²) in [4.78, 5) is 0. The number of ether oxygens (including phenoxy) is 1. The third kappa shape index (κ3) is 4.06. The number of nitriles is 1. The normalized spacial score (nSPS) is 11.7. The molecule has 21 heavy (non-hydrogen) atoms. The van der Waals surface area contributed by atoms with Crippen LogP contribution in [0.2, 0.25) is 0 Å². The summed E-state index contributed by atoms with van der Waals surface area (Å²) in [6.45, 7) is 2.60. The smallest absolute Gasteiger partial charge is 0.128 e. The van der Waals surface area contributed by atoms with Crippen molar-refractivity contribution >= 4 is 0 Å². The Morgan fingerprint density at radius 2 is 1.95 bits per heavy atom. The Labute approximate surface area is 124 Å². The van der Waals surface area contributed by atoms with Crippen molar-refractivity contribution in [3.8, 4) is 11.8 Å². The Balaban J connectivity index is 2.23. The van der Waals surface area contributed by atoms with E-state index in [0.29, 0.717) is 24.3 Å². The van der Waals surface area contributed by atoms with Gasteiger partial charge in [-0.05, 0) is 36.6 Å². The number of hydrogen-bond acceptors (Lipinski definition) is 2. The first-order chi connectivity index (χ1) is 10.2. The largest absolute Gasteiger partial charge is 0.494 e. The maximum atomic E-state index is 14.0. The monoisotopic (exact) mass is 283 g/mol. The molecule has 2 rings (SSSR count). The zero-order valence-corrected chi connectivity index (χ0v) is 12.1. The third-order valence-electron chi connectivity index (χ3n) is 3.25.